The Labute approximate surface area is 127 Å². The van der Waals surface area contributed by atoms with Crippen LogP contribution in [0.2, 0.25) is 0 Å². The first-order valence-electron chi connectivity index (χ1n) is 6.32. The molecule has 23 heavy (non-hydrogen) atoms. The van der Waals surface area contributed by atoms with Crippen molar-refractivity contribution in [3.8, 4) is 5.88 Å². The summed E-state index contributed by atoms with van der Waals surface area (Å²) in [5.74, 6) is -1.48. The highest BCUT2D eigenvalue weighted by Crippen LogP contribution is 2.39. The van der Waals surface area contributed by atoms with E-state index in [2.05, 4.69) is 9.97 Å². The number of nitrogens with zero attached hydrogens (tertiary/aromatic N) is 3. The average molecular weight is 319 g/mol. The number of hydrogen-bond donors (Lipinski definition) is 2. The zero-order chi connectivity index (χ0) is 16.7. The first-order chi connectivity index (χ1) is 10.9. The minimum atomic E-state index is -1.57. The molecule has 0 amide bonds. The van der Waals surface area contributed by atoms with Crippen LogP contribution in [0.1, 0.15) is 17.0 Å². The normalized spacial score (nSPS) is 19.0. The van der Waals surface area contributed by atoms with E-state index < -0.39 is 27.6 Å². The second kappa shape index (κ2) is 5.05. The van der Waals surface area contributed by atoms with Gasteiger partial charge in [0.2, 0.25) is 11.8 Å². The second-order valence-corrected chi connectivity index (χ2v) is 4.79. The smallest absolute Gasteiger partial charge is 0.366 e. The Kier molecular flexibility index (Phi) is 3.17. The summed E-state index contributed by atoms with van der Waals surface area (Å²) >= 11 is 0. The van der Waals surface area contributed by atoms with Crippen LogP contribution < -0.4 is 16.0 Å². The summed E-state index contributed by atoms with van der Waals surface area (Å²) in [7, 11) is 0. The Balaban J connectivity index is 2.14. The SMILES string of the molecule is Nc1nc2c(c(=O)[nH]1)[C@@H](c1ccc([N+](=O)[O-])cc1)[C@H]([N+](=O)[O-])O2. The lowest BCUT2D eigenvalue weighted by atomic mass is 9.92. The van der Waals surface area contributed by atoms with Crippen molar-refractivity contribution in [1.82, 2.24) is 9.97 Å². The summed E-state index contributed by atoms with van der Waals surface area (Å²) in [6.45, 7) is 0. The molecule has 0 spiro atoms. The topological polar surface area (TPSA) is 167 Å². The fourth-order valence-electron chi connectivity index (χ4n) is 2.47. The summed E-state index contributed by atoms with van der Waals surface area (Å²) in [6, 6.07) is 5.08. The van der Waals surface area contributed by atoms with Crippen molar-refractivity contribution >= 4 is 11.6 Å². The maximum atomic E-state index is 12.1. The van der Waals surface area contributed by atoms with E-state index in [-0.39, 0.29) is 23.1 Å². The third-order valence-corrected chi connectivity index (χ3v) is 3.44. The van der Waals surface area contributed by atoms with Crippen molar-refractivity contribution in [2.45, 2.75) is 12.1 Å². The molecule has 11 heteroatoms. The number of anilines is 1. The maximum Gasteiger partial charge on any atom is 0.366 e. The van der Waals surface area contributed by atoms with Gasteiger partial charge in [-0.3, -0.25) is 30.0 Å². The highest BCUT2D eigenvalue weighted by atomic mass is 16.7. The molecule has 11 nitrogen and oxygen atoms in total. The van der Waals surface area contributed by atoms with Crippen LogP contribution in [0.25, 0.3) is 0 Å². The summed E-state index contributed by atoms with van der Waals surface area (Å²) < 4.78 is 5.13. The number of nitrogens with one attached hydrogen (secondary N) is 1. The monoisotopic (exact) mass is 319 g/mol. The molecule has 2 heterocycles. The molecule has 1 aliphatic rings. The molecule has 1 aliphatic heterocycles. The van der Waals surface area contributed by atoms with E-state index in [1.807, 2.05) is 0 Å². The van der Waals surface area contributed by atoms with Crippen LogP contribution >= 0.6 is 0 Å². The van der Waals surface area contributed by atoms with E-state index in [9.17, 15) is 25.0 Å². The summed E-state index contributed by atoms with van der Waals surface area (Å²) in [5.41, 5.74) is 4.87. The average Bonchev–Trinajstić information content (AvgIpc) is 2.87. The molecule has 0 saturated carbocycles. The number of hydrogen-bond acceptors (Lipinski definition) is 8. The van der Waals surface area contributed by atoms with Crippen molar-refractivity contribution in [1.29, 1.82) is 0 Å². The molecule has 0 radical (unpaired) electrons. The van der Waals surface area contributed by atoms with Gasteiger partial charge in [-0.05, 0) is 5.56 Å². The number of non-ortho nitro benzene ring substituents is 1. The lowest BCUT2D eigenvalue weighted by Crippen LogP contribution is -2.30. The highest BCUT2D eigenvalue weighted by molar-refractivity contribution is 5.45. The number of nitro groups is 2. The molecule has 0 saturated heterocycles. The Morgan fingerprint density at radius 1 is 1.22 bits per heavy atom. The predicted molar refractivity (Wildman–Crippen MR) is 75.6 cm³/mol. The third kappa shape index (κ3) is 2.33. The number of fused-ring (bicyclic) bond motifs is 1. The number of nitro benzene ring substituents is 1. The molecule has 2 aromatic rings. The van der Waals surface area contributed by atoms with Crippen LogP contribution in [0.4, 0.5) is 11.6 Å². The summed E-state index contributed by atoms with van der Waals surface area (Å²) in [5, 5.41) is 21.9. The molecule has 0 aliphatic carbocycles. The zero-order valence-electron chi connectivity index (χ0n) is 11.3. The van der Waals surface area contributed by atoms with Crippen LogP contribution in [0.3, 0.4) is 0 Å². The first kappa shape index (κ1) is 14.4. The minimum absolute atomic E-state index is 0.0326. The fraction of sp³-hybridized carbons (Fsp3) is 0.167. The number of aromatic nitrogens is 2. The largest absolute Gasteiger partial charge is 0.411 e. The van der Waals surface area contributed by atoms with E-state index in [4.69, 9.17) is 10.5 Å². The number of H-pyrrole nitrogens is 1. The number of benzene rings is 1. The number of ether oxygens (including phenoxy) is 1. The molecular weight excluding hydrogens is 310 g/mol. The van der Waals surface area contributed by atoms with Gasteiger partial charge in [0.25, 0.3) is 11.2 Å². The van der Waals surface area contributed by atoms with E-state index >= 15 is 0 Å². The Hall–Kier alpha value is -3.50. The molecule has 3 N–H and O–H groups in total. The van der Waals surface area contributed by atoms with Gasteiger partial charge >= 0.3 is 6.23 Å². The van der Waals surface area contributed by atoms with E-state index in [0.717, 1.165) is 0 Å². The van der Waals surface area contributed by atoms with Crippen LogP contribution in [0.15, 0.2) is 29.1 Å². The maximum absolute atomic E-state index is 12.1. The van der Waals surface area contributed by atoms with Gasteiger partial charge in [0.1, 0.15) is 5.92 Å². The van der Waals surface area contributed by atoms with E-state index in [1.54, 1.807) is 0 Å². The van der Waals surface area contributed by atoms with Crippen LogP contribution in [-0.2, 0) is 0 Å². The van der Waals surface area contributed by atoms with Gasteiger partial charge in [0, 0.05) is 12.1 Å². The second-order valence-electron chi connectivity index (χ2n) is 4.79. The van der Waals surface area contributed by atoms with Crippen molar-refractivity contribution in [3.05, 3.63) is 66.0 Å². The lowest BCUT2D eigenvalue weighted by Gasteiger charge is -2.11. The van der Waals surface area contributed by atoms with Gasteiger partial charge in [-0.15, -0.1) is 0 Å². The standard InChI is InChI=1S/C12H9N5O6/c13-12-14-9(18)8-7(11(17(21)22)23-10(8)15-12)5-1-3-6(4-2-5)16(19)20/h1-4,7,11H,(H3,13,14,15,18)/t7-,11-/m1/s1. The van der Waals surface area contributed by atoms with Gasteiger partial charge in [0.05, 0.1) is 15.4 Å². The molecule has 0 unspecified atom stereocenters. The van der Waals surface area contributed by atoms with Crippen LogP contribution in [0, 0.1) is 20.2 Å². The molecule has 0 bridgehead atoms. The number of nitrogens with two attached hydrogens (primary N) is 1. The third-order valence-electron chi connectivity index (χ3n) is 3.44. The van der Waals surface area contributed by atoms with E-state index in [0.29, 0.717) is 5.56 Å². The first-order valence-corrected chi connectivity index (χ1v) is 6.32. The van der Waals surface area contributed by atoms with Gasteiger partial charge in [-0.2, -0.15) is 4.98 Å². The molecule has 1 aromatic carbocycles. The molecule has 1 aromatic heterocycles. The number of rotatable bonds is 3. The predicted octanol–water partition coefficient (Wildman–Crippen LogP) is 0.387. The lowest BCUT2D eigenvalue weighted by molar-refractivity contribution is -0.562. The minimum Gasteiger partial charge on any atom is -0.411 e. The quantitative estimate of drug-likeness (QED) is 0.604. The zero-order valence-corrected chi connectivity index (χ0v) is 11.3. The van der Waals surface area contributed by atoms with E-state index in [1.165, 1.54) is 24.3 Å². The molecule has 118 valence electrons. The van der Waals surface area contributed by atoms with Crippen LogP contribution in [0.5, 0.6) is 5.88 Å². The molecular formula is C12H9N5O6. The van der Waals surface area contributed by atoms with Gasteiger partial charge in [-0.1, -0.05) is 12.1 Å². The van der Waals surface area contributed by atoms with Crippen molar-refractivity contribution < 1.29 is 14.6 Å². The van der Waals surface area contributed by atoms with Crippen molar-refractivity contribution in [2.24, 2.45) is 0 Å². The van der Waals surface area contributed by atoms with Crippen molar-refractivity contribution in [3.63, 3.8) is 0 Å². The number of aromatic amines is 1. The Bertz CT molecular complexity index is 861. The molecule has 3 rings (SSSR count). The summed E-state index contributed by atoms with van der Waals surface area (Å²) in [6.07, 6.45) is -1.57. The number of nitrogen functional groups attached to an aromatic ring is 1. The van der Waals surface area contributed by atoms with Crippen molar-refractivity contribution in [2.75, 3.05) is 5.73 Å². The highest BCUT2D eigenvalue weighted by Gasteiger charge is 2.47. The molecule has 2 atom stereocenters. The van der Waals surface area contributed by atoms with Crippen LogP contribution in [-0.4, -0.2) is 26.0 Å². The van der Waals surface area contributed by atoms with Gasteiger partial charge in [-0.25, -0.2) is 0 Å². The Morgan fingerprint density at radius 3 is 2.43 bits per heavy atom. The van der Waals surface area contributed by atoms with Gasteiger partial charge < -0.3 is 10.5 Å². The Morgan fingerprint density at radius 2 is 1.87 bits per heavy atom. The summed E-state index contributed by atoms with van der Waals surface area (Å²) in [4.78, 5) is 38.7. The fourth-order valence-corrected chi connectivity index (χ4v) is 2.47. The van der Waals surface area contributed by atoms with Gasteiger partial charge in [0.15, 0.2) is 0 Å². The molecule has 0 fully saturated rings.